The SMILES string of the molecule is CC(=O)O/N=C1\CCn2c3ccc(C(=O)c4ccccc4C)cc3c3cccc1c32. The third-order valence-electron chi connectivity index (χ3n) is 5.70. The summed E-state index contributed by atoms with van der Waals surface area (Å²) < 4.78 is 2.26. The summed E-state index contributed by atoms with van der Waals surface area (Å²) in [4.78, 5) is 29.2. The van der Waals surface area contributed by atoms with Crippen molar-refractivity contribution in [2.24, 2.45) is 5.16 Å². The molecule has 1 aliphatic rings. The zero-order chi connectivity index (χ0) is 20.8. The molecular formula is C25H20N2O3. The maximum absolute atomic E-state index is 13.1. The molecule has 1 aromatic heterocycles. The molecule has 5 nitrogen and oxygen atoms in total. The molecule has 0 amide bonds. The number of aromatic nitrogens is 1. The molecule has 0 atom stereocenters. The summed E-state index contributed by atoms with van der Waals surface area (Å²) in [6, 6.07) is 19.6. The van der Waals surface area contributed by atoms with Crippen molar-refractivity contribution >= 4 is 39.3 Å². The van der Waals surface area contributed by atoms with E-state index >= 15 is 0 Å². The van der Waals surface area contributed by atoms with E-state index in [2.05, 4.69) is 15.8 Å². The standard InChI is InChI=1S/C25H20N2O3/c1-15-6-3-4-7-18(15)25(29)17-10-11-23-21(14-17)19-8-5-9-20-22(26-30-16(2)28)12-13-27(23)24(19)20/h3-11,14H,12-13H2,1-2H3/b26-22+. The number of oxime groups is 1. The van der Waals surface area contributed by atoms with E-state index in [9.17, 15) is 9.59 Å². The van der Waals surface area contributed by atoms with E-state index in [1.807, 2.05) is 61.5 Å². The van der Waals surface area contributed by atoms with Gasteiger partial charge in [0.25, 0.3) is 0 Å². The summed E-state index contributed by atoms with van der Waals surface area (Å²) in [5.41, 5.74) is 6.24. The van der Waals surface area contributed by atoms with Crippen molar-refractivity contribution in [3.8, 4) is 0 Å². The van der Waals surface area contributed by atoms with Gasteiger partial charge < -0.3 is 9.40 Å². The van der Waals surface area contributed by atoms with Crippen LogP contribution in [0.5, 0.6) is 0 Å². The fraction of sp³-hybridized carbons (Fsp3) is 0.160. The van der Waals surface area contributed by atoms with Crippen LogP contribution in [0.1, 0.15) is 40.4 Å². The van der Waals surface area contributed by atoms with Crippen LogP contribution < -0.4 is 0 Å². The van der Waals surface area contributed by atoms with Crippen molar-refractivity contribution in [2.75, 3.05) is 0 Å². The predicted molar refractivity (Wildman–Crippen MR) is 117 cm³/mol. The lowest BCUT2D eigenvalue weighted by Gasteiger charge is -2.17. The molecule has 2 heterocycles. The number of nitrogens with zero attached hydrogens (tertiary/aromatic N) is 2. The summed E-state index contributed by atoms with van der Waals surface area (Å²) in [5.74, 6) is -0.404. The Morgan fingerprint density at radius 1 is 1.00 bits per heavy atom. The number of hydrogen-bond donors (Lipinski definition) is 0. The number of aryl methyl sites for hydroxylation is 2. The Bertz CT molecular complexity index is 1380. The first-order valence-electron chi connectivity index (χ1n) is 9.94. The minimum Gasteiger partial charge on any atom is -0.340 e. The summed E-state index contributed by atoms with van der Waals surface area (Å²) >= 11 is 0. The highest BCUT2D eigenvalue weighted by molar-refractivity contribution is 6.20. The number of fused-ring (bicyclic) bond motifs is 3. The van der Waals surface area contributed by atoms with E-state index in [0.717, 1.165) is 50.8 Å². The third kappa shape index (κ3) is 2.82. The van der Waals surface area contributed by atoms with Crippen molar-refractivity contribution in [3.05, 3.63) is 82.9 Å². The van der Waals surface area contributed by atoms with E-state index in [0.29, 0.717) is 12.0 Å². The van der Waals surface area contributed by atoms with Gasteiger partial charge in [-0.3, -0.25) is 4.79 Å². The van der Waals surface area contributed by atoms with Crippen LogP contribution in [0.15, 0.2) is 65.8 Å². The van der Waals surface area contributed by atoms with Gasteiger partial charge in [0.15, 0.2) is 5.78 Å². The van der Waals surface area contributed by atoms with Gasteiger partial charge in [0.2, 0.25) is 0 Å². The lowest BCUT2D eigenvalue weighted by Crippen LogP contribution is -2.15. The molecule has 0 spiro atoms. The van der Waals surface area contributed by atoms with E-state index in [1.54, 1.807) is 0 Å². The molecule has 0 saturated heterocycles. The average Bonchev–Trinajstić information content (AvgIpc) is 3.08. The Kier molecular flexibility index (Phi) is 4.24. The number of hydrogen-bond acceptors (Lipinski definition) is 4. The summed E-state index contributed by atoms with van der Waals surface area (Å²) in [7, 11) is 0. The van der Waals surface area contributed by atoms with E-state index in [1.165, 1.54) is 6.92 Å². The van der Waals surface area contributed by atoms with Gasteiger partial charge >= 0.3 is 5.97 Å². The first-order chi connectivity index (χ1) is 14.5. The van der Waals surface area contributed by atoms with Crippen LogP contribution in [-0.4, -0.2) is 22.0 Å². The minimum atomic E-state index is -0.430. The number of benzene rings is 3. The second-order valence-electron chi connectivity index (χ2n) is 7.60. The molecule has 4 aromatic rings. The Morgan fingerprint density at radius 2 is 1.83 bits per heavy atom. The van der Waals surface area contributed by atoms with Crippen molar-refractivity contribution in [3.63, 3.8) is 0 Å². The zero-order valence-electron chi connectivity index (χ0n) is 16.8. The van der Waals surface area contributed by atoms with Crippen LogP contribution in [0.25, 0.3) is 21.8 Å². The first-order valence-corrected chi connectivity index (χ1v) is 9.94. The number of para-hydroxylation sites is 1. The molecule has 3 aromatic carbocycles. The van der Waals surface area contributed by atoms with Crippen LogP contribution in [0.2, 0.25) is 0 Å². The third-order valence-corrected chi connectivity index (χ3v) is 5.70. The molecule has 30 heavy (non-hydrogen) atoms. The van der Waals surface area contributed by atoms with Crippen molar-refractivity contribution in [2.45, 2.75) is 26.8 Å². The Hall–Kier alpha value is -3.73. The van der Waals surface area contributed by atoms with E-state index < -0.39 is 5.97 Å². The van der Waals surface area contributed by atoms with Gasteiger partial charge in [-0.2, -0.15) is 0 Å². The number of rotatable bonds is 3. The van der Waals surface area contributed by atoms with Crippen molar-refractivity contribution in [1.82, 2.24) is 4.57 Å². The highest BCUT2D eigenvalue weighted by Gasteiger charge is 2.23. The second-order valence-corrected chi connectivity index (χ2v) is 7.60. The van der Waals surface area contributed by atoms with Crippen LogP contribution in [0.3, 0.4) is 0 Å². The summed E-state index contributed by atoms with van der Waals surface area (Å²) in [6.07, 6.45) is 0.674. The van der Waals surface area contributed by atoms with Gasteiger partial charge in [0.05, 0.1) is 11.2 Å². The lowest BCUT2D eigenvalue weighted by molar-refractivity contribution is -0.140. The second kappa shape index (κ2) is 6.95. The smallest absolute Gasteiger partial charge is 0.331 e. The molecular weight excluding hydrogens is 376 g/mol. The molecule has 0 unspecified atom stereocenters. The molecule has 0 fully saturated rings. The maximum atomic E-state index is 13.1. The average molecular weight is 396 g/mol. The largest absolute Gasteiger partial charge is 0.340 e. The van der Waals surface area contributed by atoms with Gasteiger partial charge in [-0.15, -0.1) is 0 Å². The molecule has 0 bridgehead atoms. The van der Waals surface area contributed by atoms with Crippen molar-refractivity contribution < 1.29 is 14.4 Å². The van der Waals surface area contributed by atoms with Gasteiger partial charge in [-0.1, -0.05) is 47.6 Å². The van der Waals surface area contributed by atoms with Crippen LogP contribution >= 0.6 is 0 Å². The maximum Gasteiger partial charge on any atom is 0.331 e. The topological polar surface area (TPSA) is 60.7 Å². The molecule has 148 valence electrons. The molecule has 5 rings (SSSR count). The van der Waals surface area contributed by atoms with Crippen LogP contribution in [0, 0.1) is 6.92 Å². The van der Waals surface area contributed by atoms with Crippen LogP contribution in [0.4, 0.5) is 0 Å². The highest BCUT2D eigenvalue weighted by atomic mass is 16.7. The van der Waals surface area contributed by atoms with Gasteiger partial charge in [0, 0.05) is 52.9 Å². The van der Waals surface area contributed by atoms with Gasteiger partial charge in [-0.25, -0.2) is 4.79 Å². The van der Waals surface area contributed by atoms with Crippen molar-refractivity contribution in [1.29, 1.82) is 0 Å². The normalized spacial score (nSPS) is 14.4. The fourth-order valence-electron chi connectivity index (χ4n) is 4.32. The lowest BCUT2D eigenvalue weighted by atomic mass is 9.97. The van der Waals surface area contributed by atoms with Gasteiger partial charge in [0.1, 0.15) is 0 Å². The monoisotopic (exact) mass is 396 g/mol. The quantitative estimate of drug-likeness (QED) is 0.278. The molecule has 0 radical (unpaired) electrons. The summed E-state index contributed by atoms with van der Waals surface area (Å²) in [5, 5.41) is 6.18. The molecule has 5 heteroatoms. The molecule has 0 saturated carbocycles. The van der Waals surface area contributed by atoms with E-state index in [-0.39, 0.29) is 5.78 Å². The Balaban J connectivity index is 1.69. The van der Waals surface area contributed by atoms with Crippen LogP contribution in [-0.2, 0) is 16.2 Å². The molecule has 0 aliphatic carbocycles. The number of carbonyl (C=O) groups excluding carboxylic acids is 2. The molecule has 1 aliphatic heterocycles. The van der Waals surface area contributed by atoms with E-state index in [4.69, 9.17) is 4.84 Å². The number of ketones is 1. The highest BCUT2D eigenvalue weighted by Crippen LogP contribution is 2.35. The number of carbonyl (C=O) groups is 2. The Morgan fingerprint density at radius 3 is 2.63 bits per heavy atom. The Labute approximate surface area is 173 Å². The predicted octanol–water partition coefficient (Wildman–Crippen LogP) is 5.00. The zero-order valence-corrected chi connectivity index (χ0v) is 16.8. The molecule has 0 N–H and O–H groups in total. The minimum absolute atomic E-state index is 0.0269. The first kappa shape index (κ1) is 18.3. The summed E-state index contributed by atoms with van der Waals surface area (Å²) in [6.45, 7) is 4.04. The fourth-order valence-corrected chi connectivity index (χ4v) is 4.32. The van der Waals surface area contributed by atoms with Gasteiger partial charge in [-0.05, 0) is 30.7 Å².